The number of benzene rings is 1. The van der Waals surface area contributed by atoms with Gasteiger partial charge in [-0.2, -0.15) is 18.4 Å². The number of hydrogen-bond acceptors (Lipinski definition) is 7. The van der Waals surface area contributed by atoms with Crippen LogP contribution >= 0.6 is 11.8 Å². The number of ether oxygens (including phenoxy) is 1. The van der Waals surface area contributed by atoms with E-state index in [0.717, 1.165) is 0 Å². The fourth-order valence-electron chi connectivity index (χ4n) is 3.13. The zero-order valence-electron chi connectivity index (χ0n) is 17.6. The molecule has 3 rings (SSSR count). The molecule has 0 fully saturated rings. The number of halogens is 3. The zero-order chi connectivity index (χ0) is 23.8. The van der Waals surface area contributed by atoms with Gasteiger partial charge in [-0.1, -0.05) is 11.8 Å². The zero-order valence-corrected chi connectivity index (χ0v) is 18.4. The van der Waals surface area contributed by atoms with Crippen molar-refractivity contribution < 1.29 is 22.7 Å². The van der Waals surface area contributed by atoms with E-state index in [1.54, 1.807) is 0 Å². The van der Waals surface area contributed by atoms with Crippen LogP contribution in [0.2, 0.25) is 0 Å². The van der Waals surface area contributed by atoms with Crippen LogP contribution in [-0.4, -0.2) is 47.1 Å². The van der Waals surface area contributed by atoms with Crippen molar-refractivity contribution in [3.63, 3.8) is 0 Å². The Morgan fingerprint density at radius 2 is 2.09 bits per heavy atom. The fraction of sp³-hybridized carbons (Fsp3) is 0.429. The van der Waals surface area contributed by atoms with Gasteiger partial charge in [-0.25, -0.2) is 4.98 Å². The molecule has 0 saturated heterocycles. The minimum absolute atomic E-state index is 0.0352. The lowest BCUT2D eigenvalue weighted by molar-refractivity contribution is -0.153. The predicted molar refractivity (Wildman–Crippen MR) is 117 cm³/mol. The number of anilines is 1. The van der Waals surface area contributed by atoms with Crippen molar-refractivity contribution in [2.24, 2.45) is 0 Å². The SMILES string of the molecule is N#CCCNC(=O)CCCSc1nc2c(c(=O)n1-c1ccc(OCC(F)(F)F)cc1)NCC2. The lowest BCUT2D eigenvalue weighted by Gasteiger charge is -2.15. The Morgan fingerprint density at radius 1 is 1.33 bits per heavy atom. The third-order valence-electron chi connectivity index (χ3n) is 4.63. The number of carbonyl (C=O) groups is 1. The highest BCUT2D eigenvalue weighted by Gasteiger charge is 2.28. The molecular weight excluding hydrogens is 459 g/mol. The molecule has 1 aliphatic rings. The molecule has 2 N–H and O–H groups in total. The van der Waals surface area contributed by atoms with Gasteiger partial charge < -0.3 is 15.4 Å². The van der Waals surface area contributed by atoms with E-state index < -0.39 is 12.8 Å². The van der Waals surface area contributed by atoms with Gasteiger partial charge in [0.15, 0.2) is 11.8 Å². The van der Waals surface area contributed by atoms with Crippen LogP contribution in [0.1, 0.15) is 25.0 Å². The number of nitrogens with zero attached hydrogens (tertiary/aromatic N) is 3. The first-order valence-corrected chi connectivity index (χ1v) is 11.2. The highest BCUT2D eigenvalue weighted by molar-refractivity contribution is 7.99. The van der Waals surface area contributed by atoms with Gasteiger partial charge in [-0.3, -0.25) is 14.2 Å². The Kier molecular flexibility index (Phi) is 8.21. The Labute approximate surface area is 192 Å². The molecule has 176 valence electrons. The molecular formula is C21H22F3N5O3S. The molecule has 0 bridgehead atoms. The molecule has 0 atom stereocenters. The second-order valence-electron chi connectivity index (χ2n) is 7.14. The van der Waals surface area contributed by atoms with E-state index in [9.17, 15) is 22.8 Å². The predicted octanol–water partition coefficient (Wildman–Crippen LogP) is 3.04. The normalized spacial score (nSPS) is 12.5. The molecule has 0 saturated carbocycles. The Hall–Kier alpha value is -3.20. The summed E-state index contributed by atoms with van der Waals surface area (Å²) in [5, 5.41) is 14.6. The van der Waals surface area contributed by atoms with E-state index in [0.29, 0.717) is 53.9 Å². The summed E-state index contributed by atoms with van der Waals surface area (Å²) >= 11 is 1.32. The number of fused-ring (bicyclic) bond motifs is 1. The Bertz CT molecular complexity index is 1080. The molecule has 12 heteroatoms. The molecule has 0 radical (unpaired) electrons. The fourth-order valence-corrected chi connectivity index (χ4v) is 4.09. The van der Waals surface area contributed by atoms with Crippen molar-refractivity contribution in [3.05, 3.63) is 40.3 Å². The minimum Gasteiger partial charge on any atom is -0.484 e. The Balaban J connectivity index is 1.73. The number of nitrogens with one attached hydrogen (secondary N) is 2. The van der Waals surface area contributed by atoms with Crippen molar-refractivity contribution in [1.29, 1.82) is 5.26 Å². The van der Waals surface area contributed by atoms with Crippen molar-refractivity contribution in [3.8, 4) is 17.5 Å². The molecule has 1 aromatic carbocycles. The first-order chi connectivity index (χ1) is 15.8. The minimum atomic E-state index is -4.44. The van der Waals surface area contributed by atoms with Crippen molar-refractivity contribution >= 4 is 23.4 Å². The number of amides is 1. The van der Waals surface area contributed by atoms with Gasteiger partial charge in [0, 0.05) is 31.7 Å². The molecule has 0 unspecified atom stereocenters. The lowest BCUT2D eigenvalue weighted by atomic mass is 10.3. The summed E-state index contributed by atoms with van der Waals surface area (Å²) < 4.78 is 43.2. The van der Waals surface area contributed by atoms with Gasteiger partial charge in [0.2, 0.25) is 5.91 Å². The average Bonchev–Trinajstić information content (AvgIpc) is 3.25. The molecule has 2 aromatic rings. The van der Waals surface area contributed by atoms with E-state index in [-0.39, 0.29) is 30.1 Å². The molecule has 1 amide bonds. The summed E-state index contributed by atoms with van der Waals surface area (Å²) in [4.78, 5) is 29.5. The molecule has 1 aromatic heterocycles. The molecule has 0 aliphatic carbocycles. The summed E-state index contributed by atoms with van der Waals surface area (Å²) in [5.41, 5.74) is 1.23. The molecule has 8 nitrogen and oxygen atoms in total. The molecule has 33 heavy (non-hydrogen) atoms. The van der Waals surface area contributed by atoms with Gasteiger partial charge in [0.25, 0.3) is 5.56 Å². The third-order valence-corrected chi connectivity index (χ3v) is 5.65. The quantitative estimate of drug-likeness (QED) is 0.305. The van der Waals surface area contributed by atoms with Crippen LogP contribution in [0.4, 0.5) is 18.9 Å². The second-order valence-corrected chi connectivity index (χ2v) is 8.20. The van der Waals surface area contributed by atoms with Gasteiger partial charge in [-0.15, -0.1) is 0 Å². The topological polar surface area (TPSA) is 109 Å². The van der Waals surface area contributed by atoms with Crippen molar-refractivity contribution in [2.75, 3.05) is 30.8 Å². The number of hydrogen-bond donors (Lipinski definition) is 2. The first-order valence-electron chi connectivity index (χ1n) is 10.2. The van der Waals surface area contributed by atoms with Crippen molar-refractivity contribution in [1.82, 2.24) is 14.9 Å². The van der Waals surface area contributed by atoms with Crippen molar-refractivity contribution in [2.45, 2.75) is 37.0 Å². The second kappa shape index (κ2) is 11.1. The highest BCUT2D eigenvalue weighted by atomic mass is 32.2. The summed E-state index contributed by atoms with van der Waals surface area (Å²) in [7, 11) is 0. The van der Waals surface area contributed by atoms with Crippen LogP contribution < -0.4 is 20.9 Å². The van der Waals surface area contributed by atoms with Crippen LogP contribution in [0.3, 0.4) is 0 Å². The average molecular weight is 482 g/mol. The molecule has 1 aliphatic heterocycles. The van der Waals surface area contributed by atoms with Gasteiger partial charge in [0.1, 0.15) is 11.4 Å². The van der Waals surface area contributed by atoms with Gasteiger partial charge in [-0.05, 0) is 30.7 Å². The number of nitriles is 1. The lowest BCUT2D eigenvalue weighted by Crippen LogP contribution is -2.25. The van der Waals surface area contributed by atoms with Crippen LogP contribution in [0.15, 0.2) is 34.2 Å². The summed E-state index contributed by atoms with van der Waals surface area (Å²) in [6, 6.07) is 7.70. The van der Waals surface area contributed by atoms with E-state index in [4.69, 9.17) is 10.00 Å². The Morgan fingerprint density at radius 3 is 2.79 bits per heavy atom. The van der Waals surface area contributed by atoms with E-state index in [1.807, 2.05) is 6.07 Å². The van der Waals surface area contributed by atoms with Crippen LogP contribution in [0.25, 0.3) is 5.69 Å². The number of aromatic nitrogens is 2. The van der Waals surface area contributed by atoms with E-state index in [1.165, 1.54) is 40.6 Å². The number of alkyl halides is 3. The molecule has 0 spiro atoms. The van der Waals surface area contributed by atoms with Gasteiger partial charge in [0.05, 0.1) is 23.9 Å². The van der Waals surface area contributed by atoms with Gasteiger partial charge >= 0.3 is 6.18 Å². The highest BCUT2D eigenvalue weighted by Crippen LogP contribution is 2.26. The monoisotopic (exact) mass is 481 g/mol. The smallest absolute Gasteiger partial charge is 0.422 e. The van der Waals surface area contributed by atoms with E-state index in [2.05, 4.69) is 15.6 Å². The maximum atomic E-state index is 13.1. The largest absolute Gasteiger partial charge is 0.484 e. The summed E-state index contributed by atoms with van der Waals surface area (Å²) in [6.07, 6.45) is -2.76. The van der Waals surface area contributed by atoms with E-state index >= 15 is 0 Å². The maximum Gasteiger partial charge on any atom is 0.422 e. The first kappa shape index (κ1) is 24.4. The summed E-state index contributed by atoms with van der Waals surface area (Å²) in [6.45, 7) is -0.495. The standard InChI is InChI=1S/C21H22F3N5O3S/c22-21(23,24)13-32-15-6-4-14(5-7-15)29-19(31)18-16(8-11-27-18)28-20(29)33-12-1-3-17(30)26-10-2-9-25/h4-7,27H,1-3,8,10-13H2,(H,26,30). The maximum absolute atomic E-state index is 13.1. The van der Waals surface area contributed by atoms with Crippen LogP contribution in [0, 0.1) is 11.3 Å². The molecule has 2 heterocycles. The van der Waals surface area contributed by atoms with Crippen LogP contribution in [0.5, 0.6) is 5.75 Å². The number of carbonyl (C=O) groups excluding carboxylic acids is 1. The third kappa shape index (κ3) is 6.89. The number of rotatable bonds is 10. The summed E-state index contributed by atoms with van der Waals surface area (Å²) in [5.74, 6) is 0.411. The van der Waals surface area contributed by atoms with Crippen LogP contribution in [-0.2, 0) is 11.2 Å². The number of thioether (sulfide) groups is 1.